The van der Waals surface area contributed by atoms with Crippen LogP contribution in [0.5, 0.6) is 0 Å². The molecular weight excluding hydrogens is 250 g/mol. The number of aromatic nitrogens is 1. The van der Waals surface area contributed by atoms with Crippen LogP contribution in [0.25, 0.3) is 0 Å². The molecule has 2 heterocycles. The molecular formula is C11H19N5OS. The maximum Gasteiger partial charge on any atom is 0.240 e. The van der Waals surface area contributed by atoms with Gasteiger partial charge in [-0.3, -0.25) is 10.2 Å². The predicted octanol–water partition coefficient (Wildman–Crippen LogP) is -0.577. The lowest BCUT2D eigenvalue weighted by molar-refractivity contribution is -0.126. The third-order valence-electron chi connectivity index (χ3n) is 2.90. The molecule has 18 heavy (non-hydrogen) atoms. The number of nitrogens with one attached hydrogen (secondary N) is 1. The molecule has 1 aromatic rings. The van der Waals surface area contributed by atoms with E-state index in [2.05, 4.69) is 22.4 Å². The second-order valence-corrected chi connectivity index (χ2v) is 5.38. The number of thiazole rings is 1. The quantitative estimate of drug-likeness (QED) is 0.765. The molecule has 0 saturated carbocycles. The molecule has 0 radical (unpaired) electrons. The van der Waals surface area contributed by atoms with Crippen LogP contribution < -0.4 is 11.2 Å². The van der Waals surface area contributed by atoms with Crippen LogP contribution in [0.4, 0.5) is 0 Å². The molecule has 1 saturated heterocycles. The van der Waals surface area contributed by atoms with E-state index in [1.54, 1.807) is 0 Å². The van der Waals surface area contributed by atoms with Crippen molar-refractivity contribution in [2.24, 2.45) is 5.73 Å². The van der Waals surface area contributed by atoms with Crippen molar-refractivity contribution in [2.45, 2.75) is 13.0 Å². The highest BCUT2D eigenvalue weighted by atomic mass is 32.1. The largest absolute Gasteiger partial charge is 0.325 e. The Morgan fingerprint density at radius 1 is 1.50 bits per heavy atom. The van der Waals surface area contributed by atoms with E-state index in [1.807, 2.05) is 10.4 Å². The number of hydrogen-bond donors (Lipinski definition) is 2. The fourth-order valence-corrected chi connectivity index (χ4v) is 2.50. The van der Waals surface area contributed by atoms with Crippen molar-refractivity contribution >= 4 is 17.2 Å². The predicted molar refractivity (Wildman–Crippen MR) is 70.9 cm³/mol. The first kappa shape index (κ1) is 13.4. The van der Waals surface area contributed by atoms with E-state index < -0.39 is 0 Å². The SMILES string of the molecule is CN1CCN(NC(=O)Cc2csc(CN)n2)CC1. The minimum absolute atomic E-state index is 0.00609. The Labute approximate surface area is 111 Å². The zero-order chi connectivity index (χ0) is 13.0. The summed E-state index contributed by atoms with van der Waals surface area (Å²) < 4.78 is 0. The van der Waals surface area contributed by atoms with Crippen molar-refractivity contribution in [2.75, 3.05) is 33.2 Å². The van der Waals surface area contributed by atoms with E-state index in [4.69, 9.17) is 5.73 Å². The second-order valence-electron chi connectivity index (χ2n) is 4.44. The van der Waals surface area contributed by atoms with Crippen molar-refractivity contribution in [1.29, 1.82) is 0 Å². The van der Waals surface area contributed by atoms with Gasteiger partial charge in [-0.05, 0) is 7.05 Å². The fourth-order valence-electron chi connectivity index (χ4n) is 1.82. The summed E-state index contributed by atoms with van der Waals surface area (Å²) in [6.07, 6.45) is 0.322. The number of carbonyl (C=O) groups is 1. The van der Waals surface area contributed by atoms with E-state index in [0.29, 0.717) is 13.0 Å². The van der Waals surface area contributed by atoms with Gasteiger partial charge in [-0.15, -0.1) is 11.3 Å². The van der Waals surface area contributed by atoms with Gasteiger partial charge in [0.05, 0.1) is 12.1 Å². The number of hydrogen-bond acceptors (Lipinski definition) is 6. The summed E-state index contributed by atoms with van der Waals surface area (Å²) in [5.41, 5.74) is 9.21. The van der Waals surface area contributed by atoms with Crippen molar-refractivity contribution in [1.82, 2.24) is 20.3 Å². The third-order valence-corrected chi connectivity index (χ3v) is 3.82. The summed E-state index contributed by atoms with van der Waals surface area (Å²) in [6.45, 7) is 4.13. The smallest absolute Gasteiger partial charge is 0.240 e. The monoisotopic (exact) mass is 269 g/mol. The van der Waals surface area contributed by atoms with Crippen LogP contribution in [0.3, 0.4) is 0 Å². The van der Waals surface area contributed by atoms with Crippen LogP contribution in [0.2, 0.25) is 0 Å². The van der Waals surface area contributed by atoms with Crippen LogP contribution in [0, 0.1) is 0 Å². The number of hydrazine groups is 1. The normalized spacial score (nSPS) is 17.9. The minimum Gasteiger partial charge on any atom is -0.325 e. The maximum absolute atomic E-state index is 11.8. The van der Waals surface area contributed by atoms with Crippen LogP contribution in [0.15, 0.2) is 5.38 Å². The highest BCUT2D eigenvalue weighted by molar-refractivity contribution is 7.09. The zero-order valence-corrected chi connectivity index (χ0v) is 11.4. The topological polar surface area (TPSA) is 74.5 Å². The molecule has 1 fully saturated rings. The highest BCUT2D eigenvalue weighted by Crippen LogP contribution is 2.09. The van der Waals surface area contributed by atoms with E-state index in [-0.39, 0.29) is 5.91 Å². The summed E-state index contributed by atoms with van der Waals surface area (Å²) in [5, 5.41) is 4.74. The highest BCUT2D eigenvalue weighted by Gasteiger charge is 2.16. The van der Waals surface area contributed by atoms with Gasteiger partial charge in [0.25, 0.3) is 0 Å². The maximum atomic E-state index is 11.8. The summed E-state index contributed by atoms with van der Waals surface area (Å²) in [4.78, 5) is 18.4. The van der Waals surface area contributed by atoms with Gasteiger partial charge in [-0.25, -0.2) is 9.99 Å². The van der Waals surface area contributed by atoms with Crippen LogP contribution in [-0.4, -0.2) is 54.0 Å². The number of amides is 1. The molecule has 0 spiro atoms. The van der Waals surface area contributed by atoms with E-state index in [0.717, 1.165) is 36.9 Å². The molecule has 1 amide bonds. The molecule has 6 nitrogen and oxygen atoms in total. The second kappa shape index (κ2) is 6.24. The Hall–Kier alpha value is -1.02. The van der Waals surface area contributed by atoms with E-state index >= 15 is 0 Å². The summed E-state index contributed by atoms with van der Waals surface area (Å²) in [5.74, 6) is -0.00609. The number of nitrogens with two attached hydrogens (primary N) is 1. The lowest BCUT2D eigenvalue weighted by Crippen LogP contribution is -2.52. The summed E-state index contributed by atoms with van der Waals surface area (Å²) in [6, 6.07) is 0. The fraction of sp³-hybridized carbons (Fsp3) is 0.636. The molecule has 0 unspecified atom stereocenters. The van der Waals surface area contributed by atoms with Crippen LogP contribution in [0.1, 0.15) is 10.7 Å². The third kappa shape index (κ3) is 3.74. The van der Waals surface area contributed by atoms with Crippen molar-refractivity contribution in [3.05, 3.63) is 16.1 Å². The first-order valence-electron chi connectivity index (χ1n) is 6.03. The molecule has 7 heteroatoms. The Balaban J connectivity index is 1.78. The number of rotatable bonds is 4. The number of likely N-dealkylation sites (N-methyl/N-ethyl adjacent to an activating group) is 1. The molecule has 0 bridgehead atoms. The molecule has 0 atom stereocenters. The van der Waals surface area contributed by atoms with Gasteiger partial charge < -0.3 is 10.6 Å². The molecule has 1 aromatic heterocycles. The van der Waals surface area contributed by atoms with Gasteiger partial charge >= 0.3 is 0 Å². The van der Waals surface area contributed by atoms with Gasteiger partial charge in [0.1, 0.15) is 5.01 Å². The first-order valence-corrected chi connectivity index (χ1v) is 6.91. The lowest BCUT2D eigenvalue weighted by Gasteiger charge is -2.32. The summed E-state index contributed by atoms with van der Waals surface area (Å²) >= 11 is 1.50. The average molecular weight is 269 g/mol. The number of nitrogens with zero attached hydrogens (tertiary/aromatic N) is 3. The van der Waals surface area contributed by atoms with Gasteiger partial charge in [-0.2, -0.15) is 0 Å². The van der Waals surface area contributed by atoms with Crippen molar-refractivity contribution in [3.63, 3.8) is 0 Å². The van der Waals surface area contributed by atoms with Gasteiger partial charge in [0, 0.05) is 38.1 Å². The van der Waals surface area contributed by atoms with Crippen molar-refractivity contribution < 1.29 is 4.79 Å². The molecule has 100 valence electrons. The number of piperazine rings is 1. The number of carbonyl (C=O) groups excluding carboxylic acids is 1. The van der Waals surface area contributed by atoms with Crippen LogP contribution >= 0.6 is 11.3 Å². The van der Waals surface area contributed by atoms with Gasteiger partial charge in [0.2, 0.25) is 5.91 Å². The molecule has 1 aliphatic heterocycles. The van der Waals surface area contributed by atoms with Gasteiger partial charge in [0.15, 0.2) is 0 Å². The molecule has 1 aliphatic rings. The zero-order valence-electron chi connectivity index (χ0n) is 10.6. The van der Waals surface area contributed by atoms with Crippen LogP contribution in [-0.2, 0) is 17.8 Å². The molecule has 0 aromatic carbocycles. The Bertz CT molecular complexity index is 400. The first-order chi connectivity index (χ1) is 8.67. The molecule has 0 aliphatic carbocycles. The van der Waals surface area contributed by atoms with Crippen molar-refractivity contribution in [3.8, 4) is 0 Å². The van der Waals surface area contributed by atoms with Gasteiger partial charge in [-0.1, -0.05) is 0 Å². The molecule has 3 N–H and O–H groups in total. The molecule has 2 rings (SSSR count). The van der Waals surface area contributed by atoms with E-state index in [9.17, 15) is 4.79 Å². The minimum atomic E-state index is -0.00609. The average Bonchev–Trinajstić information content (AvgIpc) is 2.79. The van der Waals surface area contributed by atoms with E-state index in [1.165, 1.54) is 11.3 Å². The Morgan fingerprint density at radius 3 is 2.83 bits per heavy atom. The lowest BCUT2D eigenvalue weighted by atomic mass is 10.3. The standard InChI is InChI=1S/C11H19N5OS/c1-15-2-4-16(5-3-15)14-10(17)6-9-8-18-11(7-12)13-9/h8H,2-7,12H2,1H3,(H,14,17). The summed E-state index contributed by atoms with van der Waals surface area (Å²) in [7, 11) is 2.09. The Kier molecular flexibility index (Phi) is 4.65. The Morgan fingerprint density at radius 2 is 2.22 bits per heavy atom.